The van der Waals surface area contributed by atoms with Gasteiger partial charge in [0.05, 0.1) is 0 Å². The fraction of sp³-hybridized carbons (Fsp3) is 0.706. The van der Waals surface area contributed by atoms with Crippen LogP contribution >= 0.6 is 0 Å². The summed E-state index contributed by atoms with van der Waals surface area (Å²) in [7, 11) is 0. The van der Waals surface area contributed by atoms with E-state index >= 15 is 0 Å². The van der Waals surface area contributed by atoms with Gasteiger partial charge in [0.25, 0.3) is 0 Å². The van der Waals surface area contributed by atoms with Crippen LogP contribution < -0.4 is 5.32 Å². The smallest absolute Gasteiger partial charge is 0.410 e. The van der Waals surface area contributed by atoms with Crippen LogP contribution in [0.3, 0.4) is 0 Å². The normalized spacial score (nSPS) is 11.5. The zero-order valence-corrected chi connectivity index (χ0v) is 14.7. The number of aromatic nitrogens is 1. The monoisotopic (exact) mass is 309 g/mol. The van der Waals surface area contributed by atoms with Gasteiger partial charge in [-0.15, -0.1) is 0 Å². The summed E-state index contributed by atoms with van der Waals surface area (Å²) in [5, 5.41) is 3.40. The highest BCUT2D eigenvalue weighted by atomic mass is 16.6. The Morgan fingerprint density at radius 2 is 2.05 bits per heavy atom. The number of nitrogens with zero attached hydrogens (tertiary/aromatic N) is 2. The predicted molar refractivity (Wildman–Crippen MR) is 89.9 cm³/mol. The number of ether oxygens (including phenoxy) is 1. The van der Waals surface area contributed by atoms with E-state index in [2.05, 4.69) is 42.1 Å². The van der Waals surface area contributed by atoms with Crippen molar-refractivity contribution in [3.63, 3.8) is 0 Å². The lowest BCUT2D eigenvalue weighted by Gasteiger charge is -2.27. The van der Waals surface area contributed by atoms with Gasteiger partial charge < -0.3 is 19.5 Å². The van der Waals surface area contributed by atoms with Crippen molar-refractivity contribution in [1.82, 2.24) is 14.8 Å². The SMILES string of the molecule is CCCN(CCNCc1cccn1CC)C(=O)OC(C)(C)C. The van der Waals surface area contributed by atoms with Crippen LogP contribution in [0, 0.1) is 0 Å². The number of rotatable bonds is 8. The number of aryl methyl sites for hydroxylation is 1. The van der Waals surface area contributed by atoms with Gasteiger partial charge in [-0.25, -0.2) is 4.79 Å². The number of hydrogen-bond acceptors (Lipinski definition) is 3. The molecule has 0 aliphatic heterocycles. The first kappa shape index (κ1) is 18.6. The number of carbonyl (C=O) groups excluding carboxylic acids is 1. The molecule has 1 heterocycles. The Morgan fingerprint density at radius 3 is 2.64 bits per heavy atom. The van der Waals surface area contributed by atoms with Crippen LogP contribution in [-0.4, -0.2) is 40.8 Å². The Morgan fingerprint density at radius 1 is 1.32 bits per heavy atom. The maximum atomic E-state index is 12.1. The Hall–Kier alpha value is -1.49. The first-order chi connectivity index (χ1) is 10.4. The first-order valence-corrected chi connectivity index (χ1v) is 8.20. The molecule has 5 nitrogen and oxygen atoms in total. The van der Waals surface area contributed by atoms with Gasteiger partial charge in [0.15, 0.2) is 0 Å². The molecule has 0 fully saturated rings. The average Bonchev–Trinajstić information content (AvgIpc) is 2.87. The number of carbonyl (C=O) groups is 1. The van der Waals surface area contributed by atoms with E-state index < -0.39 is 5.60 Å². The second kappa shape index (κ2) is 8.83. The van der Waals surface area contributed by atoms with Crippen LogP contribution in [0.2, 0.25) is 0 Å². The van der Waals surface area contributed by atoms with Crippen molar-refractivity contribution < 1.29 is 9.53 Å². The van der Waals surface area contributed by atoms with Gasteiger partial charge in [-0.05, 0) is 46.2 Å². The molecule has 126 valence electrons. The van der Waals surface area contributed by atoms with E-state index in [9.17, 15) is 4.79 Å². The molecule has 0 radical (unpaired) electrons. The van der Waals surface area contributed by atoms with Crippen LogP contribution in [0.4, 0.5) is 4.79 Å². The Kier molecular flexibility index (Phi) is 7.45. The predicted octanol–water partition coefficient (Wildman–Crippen LogP) is 3.24. The molecule has 1 N–H and O–H groups in total. The van der Waals surface area contributed by atoms with Crippen LogP contribution in [0.15, 0.2) is 18.3 Å². The summed E-state index contributed by atoms with van der Waals surface area (Å²) < 4.78 is 7.66. The second-order valence-electron chi connectivity index (χ2n) is 6.43. The zero-order valence-electron chi connectivity index (χ0n) is 14.7. The van der Waals surface area contributed by atoms with Crippen molar-refractivity contribution in [2.75, 3.05) is 19.6 Å². The average molecular weight is 309 g/mol. The topological polar surface area (TPSA) is 46.5 Å². The van der Waals surface area contributed by atoms with E-state index in [1.54, 1.807) is 4.90 Å². The van der Waals surface area contributed by atoms with Crippen LogP contribution in [0.25, 0.3) is 0 Å². The van der Waals surface area contributed by atoms with Crippen LogP contribution in [0.5, 0.6) is 0 Å². The number of hydrogen-bond donors (Lipinski definition) is 1. The summed E-state index contributed by atoms with van der Waals surface area (Å²) in [6, 6.07) is 4.18. The highest BCUT2D eigenvalue weighted by Gasteiger charge is 2.21. The Balaban J connectivity index is 2.39. The highest BCUT2D eigenvalue weighted by Crippen LogP contribution is 2.10. The van der Waals surface area contributed by atoms with Gasteiger partial charge in [0.2, 0.25) is 0 Å². The van der Waals surface area contributed by atoms with Gasteiger partial charge >= 0.3 is 6.09 Å². The lowest BCUT2D eigenvalue weighted by atomic mass is 10.2. The van der Waals surface area contributed by atoms with E-state index in [0.29, 0.717) is 6.54 Å². The largest absolute Gasteiger partial charge is 0.444 e. The maximum Gasteiger partial charge on any atom is 0.410 e. The lowest BCUT2D eigenvalue weighted by molar-refractivity contribution is 0.0252. The van der Waals surface area contributed by atoms with Crippen molar-refractivity contribution in [3.05, 3.63) is 24.0 Å². The lowest BCUT2D eigenvalue weighted by Crippen LogP contribution is -2.40. The molecule has 0 aromatic carbocycles. The van der Waals surface area contributed by atoms with Crippen LogP contribution in [0.1, 0.15) is 46.7 Å². The Bertz CT molecular complexity index is 449. The summed E-state index contributed by atoms with van der Waals surface area (Å²) in [5.41, 5.74) is 0.820. The third kappa shape index (κ3) is 6.52. The zero-order chi connectivity index (χ0) is 16.6. The van der Waals surface area contributed by atoms with Gasteiger partial charge in [-0.2, -0.15) is 0 Å². The standard InChI is InChI=1S/C17H31N3O2/c1-6-11-20(16(21)22-17(3,4)5)13-10-18-14-15-9-8-12-19(15)7-2/h8-9,12,18H,6-7,10-11,13-14H2,1-5H3. The molecule has 0 bridgehead atoms. The third-order valence-electron chi connectivity index (χ3n) is 3.27. The molecular formula is C17H31N3O2. The quantitative estimate of drug-likeness (QED) is 0.750. The molecule has 5 heteroatoms. The minimum atomic E-state index is -0.446. The van der Waals surface area contributed by atoms with Gasteiger partial charge in [-0.3, -0.25) is 0 Å². The molecule has 0 saturated heterocycles. The summed E-state index contributed by atoms with van der Waals surface area (Å²) in [4.78, 5) is 13.9. The van der Waals surface area contributed by atoms with E-state index in [4.69, 9.17) is 4.74 Å². The van der Waals surface area contributed by atoms with Crippen molar-refractivity contribution in [2.45, 2.75) is 59.7 Å². The molecule has 0 unspecified atom stereocenters. The van der Waals surface area contributed by atoms with E-state index in [1.807, 2.05) is 20.8 Å². The van der Waals surface area contributed by atoms with E-state index in [1.165, 1.54) is 5.69 Å². The molecule has 0 spiro atoms. The molecule has 1 aromatic heterocycles. The fourth-order valence-corrected chi connectivity index (χ4v) is 2.24. The molecule has 0 saturated carbocycles. The Labute approximate surface area is 134 Å². The summed E-state index contributed by atoms with van der Waals surface area (Å²) >= 11 is 0. The molecule has 1 aromatic rings. The van der Waals surface area contributed by atoms with E-state index in [0.717, 1.165) is 32.6 Å². The summed E-state index contributed by atoms with van der Waals surface area (Å²) in [5.74, 6) is 0. The molecule has 1 rings (SSSR count). The maximum absolute atomic E-state index is 12.1. The van der Waals surface area contributed by atoms with Crippen LogP contribution in [-0.2, 0) is 17.8 Å². The molecule has 0 atom stereocenters. The molecule has 1 amide bonds. The van der Waals surface area contributed by atoms with Gasteiger partial charge in [0, 0.05) is 44.6 Å². The third-order valence-corrected chi connectivity index (χ3v) is 3.27. The minimum Gasteiger partial charge on any atom is -0.444 e. The van der Waals surface area contributed by atoms with Gasteiger partial charge in [0.1, 0.15) is 5.60 Å². The summed E-state index contributed by atoms with van der Waals surface area (Å²) in [6.07, 6.45) is 2.78. The van der Waals surface area contributed by atoms with Crippen molar-refractivity contribution >= 4 is 6.09 Å². The summed E-state index contributed by atoms with van der Waals surface area (Å²) in [6.45, 7) is 13.8. The molecule has 22 heavy (non-hydrogen) atoms. The number of amides is 1. The van der Waals surface area contributed by atoms with Crippen molar-refractivity contribution in [3.8, 4) is 0 Å². The molecule has 0 aliphatic rings. The minimum absolute atomic E-state index is 0.229. The van der Waals surface area contributed by atoms with Crippen molar-refractivity contribution in [1.29, 1.82) is 0 Å². The molecule has 0 aliphatic carbocycles. The molecular weight excluding hydrogens is 278 g/mol. The fourth-order valence-electron chi connectivity index (χ4n) is 2.24. The van der Waals surface area contributed by atoms with E-state index in [-0.39, 0.29) is 6.09 Å². The second-order valence-corrected chi connectivity index (χ2v) is 6.43. The first-order valence-electron chi connectivity index (χ1n) is 8.20. The van der Waals surface area contributed by atoms with Gasteiger partial charge in [-0.1, -0.05) is 6.92 Å². The highest BCUT2D eigenvalue weighted by molar-refractivity contribution is 5.68. The number of nitrogens with one attached hydrogen (secondary N) is 1. The van der Waals surface area contributed by atoms with Crippen molar-refractivity contribution in [2.24, 2.45) is 0 Å².